The Bertz CT molecular complexity index is 1000. The van der Waals surface area contributed by atoms with Gasteiger partial charge in [0.2, 0.25) is 10.0 Å². The molecule has 2 aliphatic rings. The summed E-state index contributed by atoms with van der Waals surface area (Å²) in [6.45, 7) is 6.65. The summed E-state index contributed by atoms with van der Waals surface area (Å²) in [5.74, 6) is 1.08. The van der Waals surface area contributed by atoms with Gasteiger partial charge in [0.25, 0.3) is 5.91 Å². The molecule has 4 rings (SSSR count). The van der Waals surface area contributed by atoms with Crippen molar-refractivity contribution in [1.29, 1.82) is 0 Å². The third kappa shape index (κ3) is 4.85. The van der Waals surface area contributed by atoms with E-state index in [0.29, 0.717) is 49.5 Å². The van der Waals surface area contributed by atoms with Crippen LogP contribution in [0.3, 0.4) is 0 Å². The van der Waals surface area contributed by atoms with Crippen molar-refractivity contribution >= 4 is 15.9 Å². The van der Waals surface area contributed by atoms with Crippen molar-refractivity contribution in [2.45, 2.75) is 43.9 Å². The molecular weight excluding hydrogens is 408 g/mol. The van der Waals surface area contributed by atoms with Crippen LogP contribution in [-0.2, 0) is 10.0 Å². The van der Waals surface area contributed by atoms with E-state index < -0.39 is 10.0 Å². The molecule has 0 aliphatic carbocycles. The maximum atomic E-state index is 13.2. The quantitative estimate of drug-likeness (QED) is 0.709. The number of likely N-dealkylation sites (tertiary alicyclic amines) is 1. The smallest absolute Gasteiger partial charge is 0.253 e. The van der Waals surface area contributed by atoms with Crippen molar-refractivity contribution < 1.29 is 13.2 Å². The van der Waals surface area contributed by atoms with Gasteiger partial charge in [-0.25, -0.2) is 8.42 Å². The van der Waals surface area contributed by atoms with E-state index in [-0.39, 0.29) is 10.8 Å². The fraction of sp³-hybridized carbons (Fsp3) is 0.480. The third-order valence-corrected chi connectivity index (χ3v) is 8.43. The Hall–Kier alpha value is -2.18. The first-order valence-electron chi connectivity index (χ1n) is 11.3. The van der Waals surface area contributed by atoms with Crippen LogP contribution in [0.5, 0.6) is 0 Å². The molecule has 2 fully saturated rings. The first-order chi connectivity index (χ1) is 14.8. The number of benzene rings is 2. The Morgan fingerprint density at radius 1 is 0.903 bits per heavy atom. The van der Waals surface area contributed by atoms with Gasteiger partial charge in [0, 0.05) is 31.7 Å². The highest BCUT2D eigenvalue weighted by Crippen LogP contribution is 2.30. The van der Waals surface area contributed by atoms with Crippen LogP contribution in [-0.4, -0.2) is 49.7 Å². The number of amides is 1. The van der Waals surface area contributed by atoms with E-state index in [1.54, 1.807) is 28.6 Å². The monoisotopic (exact) mass is 440 g/mol. The molecule has 1 amide bonds. The minimum absolute atomic E-state index is 0.0797. The molecular formula is C25H32N2O3S. The minimum atomic E-state index is -3.60. The van der Waals surface area contributed by atoms with Gasteiger partial charge in [0.1, 0.15) is 0 Å². The molecule has 0 N–H and O–H groups in total. The van der Waals surface area contributed by atoms with E-state index in [0.717, 1.165) is 19.3 Å². The largest absolute Gasteiger partial charge is 0.339 e. The molecule has 0 saturated carbocycles. The molecule has 31 heavy (non-hydrogen) atoms. The minimum Gasteiger partial charge on any atom is -0.339 e. The van der Waals surface area contributed by atoms with Crippen LogP contribution in [0.1, 0.15) is 54.9 Å². The molecule has 0 radical (unpaired) electrons. The molecule has 2 aromatic rings. The average Bonchev–Trinajstić information content (AvgIpc) is 2.79. The van der Waals surface area contributed by atoms with Gasteiger partial charge in [-0.3, -0.25) is 4.79 Å². The molecule has 2 aromatic carbocycles. The number of rotatable bonds is 4. The van der Waals surface area contributed by atoms with Crippen LogP contribution in [0.4, 0.5) is 0 Å². The zero-order valence-electron chi connectivity index (χ0n) is 18.4. The van der Waals surface area contributed by atoms with Gasteiger partial charge in [-0.05, 0) is 60.8 Å². The molecule has 2 aliphatic heterocycles. The molecule has 2 unspecified atom stereocenters. The Balaban J connectivity index is 1.46. The van der Waals surface area contributed by atoms with Crippen LogP contribution >= 0.6 is 0 Å². The lowest BCUT2D eigenvalue weighted by Crippen LogP contribution is -2.42. The van der Waals surface area contributed by atoms with Crippen molar-refractivity contribution in [2.24, 2.45) is 11.8 Å². The first kappa shape index (κ1) is 22.0. The predicted octanol–water partition coefficient (Wildman–Crippen LogP) is 4.37. The molecule has 2 heterocycles. The predicted molar refractivity (Wildman–Crippen MR) is 122 cm³/mol. The van der Waals surface area contributed by atoms with Crippen molar-refractivity contribution in [3.05, 3.63) is 65.7 Å². The van der Waals surface area contributed by atoms with Crippen molar-refractivity contribution in [2.75, 3.05) is 26.2 Å². The lowest BCUT2D eigenvalue weighted by molar-refractivity contribution is 0.0712. The van der Waals surface area contributed by atoms with Gasteiger partial charge in [-0.15, -0.1) is 0 Å². The standard InChI is InChI=1S/C25H32N2O3S/c1-19-15-20(2)18-27(17-19)31(29,30)24-10-6-9-23(16-24)25(28)26-13-11-22(12-14-26)21-7-4-3-5-8-21/h3-10,16,19-20,22H,11-15,17-18H2,1-2H3. The molecule has 5 nitrogen and oxygen atoms in total. The highest BCUT2D eigenvalue weighted by atomic mass is 32.2. The molecule has 2 atom stereocenters. The Morgan fingerprint density at radius 2 is 1.55 bits per heavy atom. The highest BCUT2D eigenvalue weighted by Gasteiger charge is 2.32. The molecule has 166 valence electrons. The third-order valence-electron chi connectivity index (χ3n) is 6.61. The first-order valence-corrected chi connectivity index (χ1v) is 12.7. The van der Waals surface area contributed by atoms with Gasteiger partial charge < -0.3 is 4.90 Å². The number of hydrogen-bond donors (Lipinski definition) is 0. The fourth-order valence-corrected chi connectivity index (χ4v) is 6.79. The maximum absolute atomic E-state index is 13.2. The topological polar surface area (TPSA) is 57.7 Å². The molecule has 0 spiro atoms. The number of nitrogens with zero attached hydrogens (tertiary/aromatic N) is 2. The number of sulfonamides is 1. The lowest BCUT2D eigenvalue weighted by atomic mass is 9.89. The number of hydrogen-bond acceptors (Lipinski definition) is 3. The summed E-state index contributed by atoms with van der Waals surface area (Å²) < 4.78 is 28.0. The molecule has 6 heteroatoms. The van der Waals surface area contributed by atoms with Crippen LogP contribution in [0, 0.1) is 11.8 Å². The summed E-state index contributed by atoms with van der Waals surface area (Å²) in [6.07, 6.45) is 2.90. The van der Waals surface area contributed by atoms with Crippen LogP contribution < -0.4 is 0 Å². The summed E-state index contributed by atoms with van der Waals surface area (Å²) >= 11 is 0. The summed E-state index contributed by atoms with van der Waals surface area (Å²) in [6, 6.07) is 17.0. The van der Waals surface area contributed by atoms with Gasteiger partial charge in [-0.2, -0.15) is 4.31 Å². The van der Waals surface area contributed by atoms with Crippen LogP contribution in [0.25, 0.3) is 0 Å². The van der Waals surface area contributed by atoms with E-state index in [1.165, 1.54) is 5.56 Å². The van der Waals surface area contributed by atoms with E-state index in [9.17, 15) is 13.2 Å². The molecule has 0 bridgehead atoms. The van der Waals surface area contributed by atoms with E-state index in [1.807, 2.05) is 11.0 Å². The number of piperidine rings is 2. The fourth-order valence-electron chi connectivity index (χ4n) is 5.06. The summed E-state index contributed by atoms with van der Waals surface area (Å²) in [7, 11) is -3.60. The SMILES string of the molecule is CC1CC(C)CN(S(=O)(=O)c2cccc(C(=O)N3CCC(c4ccccc4)CC3)c2)C1. The van der Waals surface area contributed by atoms with Crippen LogP contribution in [0.15, 0.2) is 59.5 Å². The second kappa shape index (κ2) is 9.13. The van der Waals surface area contributed by atoms with Crippen molar-refractivity contribution in [1.82, 2.24) is 9.21 Å². The van der Waals surface area contributed by atoms with E-state index in [4.69, 9.17) is 0 Å². The number of carbonyl (C=O) groups excluding carboxylic acids is 1. The molecule has 0 aromatic heterocycles. The summed E-state index contributed by atoms with van der Waals surface area (Å²) in [5.41, 5.74) is 1.78. The molecule has 2 saturated heterocycles. The Kier molecular flexibility index (Phi) is 6.49. The second-order valence-corrected chi connectivity index (χ2v) is 11.2. The maximum Gasteiger partial charge on any atom is 0.253 e. The average molecular weight is 441 g/mol. The zero-order chi connectivity index (χ0) is 22.0. The Morgan fingerprint density at radius 3 is 2.19 bits per heavy atom. The Labute approximate surface area is 186 Å². The van der Waals surface area contributed by atoms with Gasteiger partial charge in [-0.1, -0.05) is 50.2 Å². The summed E-state index contributed by atoms with van der Waals surface area (Å²) in [4.78, 5) is 15.2. The highest BCUT2D eigenvalue weighted by molar-refractivity contribution is 7.89. The summed E-state index contributed by atoms with van der Waals surface area (Å²) in [5, 5.41) is 0. The second-order valence-electron chi connectivity index (χ2n) is 9.27. The van der Waals surface area contributed by atoms with Crippen LogP contribution in [0.2, 0.25) is 0 Å². The van der Waals surface area contributed by atoms with E-state index in [2.05, 4.69) is 38.1 Å². The normalized spacial score (nSPS) is 23.6. The van der Waals surface area contributed by atoms with Gasteiger partial charge in [0.15, 0.2) is 0 Å². The zero-order valence-corrected chi connectivity index (χ0v) is 19.2. The van der Waals surface area contributed by atoms with E-state index >= 15 is 0 Å². The van der Waals surface area contributed by atoms with Crippen molar-refractivity contribution in [3.8, 4) is 0 Å². The van der Waals surface area contributed by atoms with Gasteiger partial charge in [0.05, 0.1) is 4.90 Å². The lowest BCUT2D eigenvalue weighted by Gasteiger charge is -2.34. The van der Waals surface area contributed by atoms with Crippen molar-refractivity contribution in [3.63, 3.8) is 0 Å². The number of carbonyl (C=O) groups is 1. The van der Waals surface area contributed by atoms with Gasteiger partial charge >= 0.3 is 0 Å².